The van der Waals surface area contributed by atoms with E-state index in [2.05, 4.69) is 15.0 Å². The summed E-state index contributed by atoms with van der Waals surface area (Å²) in [4.78, 5) is 12.0. The highest BCUT2D eigenvalue weighted by molar-refractivity contribution is 5.56. The molecule has 2 rings (SSSR count). The summed E-state index contributed by atoms with van der Waals surface area (Å²) < 4.78 is 0. The number of nitrogens with two attached hydrogens (primary N) is 1. The maximum absolute atomic E-state index is 5.48. The van der Waals surface area contributed by atoms with Crippen LogP contribution in [0.3, 0.4) is 0 Å². The molecular weight excluding hydrogens is 188 g/mol. The normalized spacial score (nSPS) is 10.5. The van der Waals surface area contributed by atoms with E-state index in [1.54, 1.807) is 6.20 Å². The van der Waals surface area contributed by atoms with Crippen molar-refractivity contribution in [2.24, 2.45) is 5.73 Å². The van der Waals surface area contributed by atoms with Gasteiger partial charge < -0.3 is 10.7 Å². The Morgan fingerprint density at radius 2 is 2.27 bits per heavy atom. The van der Waals surface area contributed by atoms with Crippen LogP contribution in [0.2, 0.25) is 0 Å². The largest absolute Gasteiger partial charge is 0.345 e. The van der Waals surface area contributed by atoms with Crippen molar-refractivity contribution in [3.63, 3.8) is 0 Å². The van der Waals surface area contributed by atoms with Gasteiger partial charge in [-0.1, -0.05) is 6.07 Å². The lowest BCUT2D eigenvalue weighted by Crippen LogP contribution is -2.03. The van der Waals surface area contributed by atoms with Gasteiger partial charge in [0.2, 0.25) is 0 Å². The lowest BCUT2D eigenvalue weighted by molar-refractivity contribution is 0.891. The summed E-state index contributed by atoms with van der Waals surface area (Å²) in [6.07, 6.45) is 2.54. The molecule has 78 valence electrons. The van der Waals surface area contributed by atoms with Crippen LogP contribution in [0.25, 0.3) is 11.4 Å². The van der Waals surface area contributed by atoms with Crippen LogP contribution < -0.4 is 5.73 Å². The van der Waals surface area contributed by atoms with Crippen LogP contribution in [0.1, 0.15) is 11.5 Å². The molecule has 2 aromatic rings. The van der Waals surface area contributed by atoms with Crippen molar-refractivity contribution < 1.29 is 0 Å². The molecule has 15 heavy (non-hydrogen) atoms. The fourth-order valence-electron chi connectivity index (χ4n) is 1.53. The maximum Gasteiger partial charge on any atom is 0.110 e. The summed E-state index contributed by atoms with van der Waals surface area (Å²) >= 11 is 0. The minimum absolute atomic E-state index is 0.606. The Bertz CT molecular complexity index is 433. The second-order valence-electron chi connectivity index (χ2n) is 3.41. The van der Waals surface area contributed by atoms with Crippen LogP contribution in [0.5, 0.6) is 0 Å². The Morgan fingerprint density at radius 1 is 1.40 bits per heavy atom. The molecule has 0 saturated heterocycles. The van der Waals surface area contributed by atoms with Crippen LogP contribution >= 0.6 is 0 Å². The molecule has 0 saturated carbocycles. The first-order valence-corrected chi connectivity index (χ1v) is 4.98. The molecule has 3 N–H and O–H groups in total. The zero-order valence-corrected chi connectivity index (χ0v) is 8.70. The summed E-state index contributed by atoms with van der Waals surface area (Å²) in [7, 11) is 0. The van der Waals surface area contributed by atoms with E-state index >= 15 is 0 Å². The fourth-order valence-corrected chi connectivity index (χ4v) is 1.53. The molecular formula is C11H14N4. The molecule has 0 aromatic carbocycles. The highest BCUT2D eigenvalue weighted by Crippen LogP contribution is 2.18. The first kappa shape index (κ1) is 9.86. The topological polar surface area (TPSA) is 67.6 Å². The molecule has 0 spiro atoms. The van der Waals surface area contributed by atoms with Crippen LogP contribution in [0.4, 0.5) is 0 Å². The van der Waals surface area contributed by atoms with Crippen molar-refractivity contribution in [1.82, 2.24) is 15.0 Å². The first-order valence-electron chi connectivity index (χ1n) is 4.98. The Kier molecular flexibility index (Phi) is 2.78. The molecule has 0 bridgehead atoms. The number of aromatic nitrogens is 3. The lowest BCUT2D eigenvalue weighted by atomic mass is 10.2. The number of aromatic amines is 1. The van der Waals surface area contributed by atoms with E-state index in [0.717, 1.165) is 29.3 Å². The van der Waals surface area contributed by atoms with Crippen molar-refractivity contribution in [3.8, 4) is 11.4 Å². The molecule has 0 aliphatic rings. The average molecular weight is 202 g/mol. The van der Waals surface area contributed by atoms with E-state index in [4.69, 9.17) is 5.73 Å². The van der Waals surface area contributed by atoms with Gasteiger partial charge in [0.15, 0.2) is 0 Å². The quantitative estimate of drug-likeness (QED) is 0.787. The number of hydrogen-bond donors (Lipinski definition) is 2. The van der Waals surface area contributed by atoms with Gasteiger partial charge in [-0.25, -0.2) is 4.98 Å². The van der Waals surface area contributed by atoms with E-state index in [9.17, 15) is 0 Å². The van der Waals surface area contributed by atoms with E-state index in [0.29, 0.717) is 6.54 Å². The molecule has 0 amide bonds. The van der Waals surface area contributed by atoms with Gasteiger partial charge in [-0.05, 0) is 25.6 Å². The highest BCUT2D eigenvalue weighted by atomic mass is 14.9. The third-order valence-electron chi connectivity index (χ3n) is 2.22. The number of H-pyrrole nitrogens is 1. The van der Waals surface area contributed by atoms with Gasteiger partial charge in [0.1, 0.15) is 11.5 Å². The van der Waals surface area contributed by atoms with Crippen LogP contribution in [0, 0.1) is 6.92 Å². The van der Waals surface area contributed by atoms with Gasteiger partial charge in [-0.3, -0.25) is 4.98 Å². The minimum atomic E-state index is 0.606. The van der Waals surface area contributed by atoms with E-state index in [-0.39, 0.29) is 0 Å². The fraction of sp³-hybridized carbons (Fsp3) is 0.273. The first-order chi connectivity index (χ1) is 7.31. The maximum atomic E-state index is 5.48. The summed E-state index contributed by atoms with van der Waals surface area (Å²) in [5.74, 6) is 0.927. The number of nitrogens with zero attached hydrogens (tertiary/aromatic N) is 2. The van der Waals surface area contributed by atoms with E-state index < -0.39 is 0 Å². The van der Waals surface area contributed by atoms with E-state index in [1.165, 1.54) is 0 Å². The van der Waals surface area contributed by atoms with Gasteiger partial charge in [0.25, 0.3) is 0 Å². The van der Waals surface area contributed by atoms with Gasteiger partial charge in [0, 0.05) is 18.3 Å². The number of hydrogen-bond acceptors (Lipinski definition) is 3. The predicted molar refractivity (Wildman–Crippen MR) is 59.3 cm³/mol. The van der Waals surface area contributed by atoms with Gasteiger partial charge in [-0.2, -0.15) is 0 Å². The van der Waals surface area contributed by atoms with Crippen LogP contribution in [-0.2, 0) is 6.42 Å². The third-order valence-corrected chi connectivity index (χ3v) is 2.22. The molecule has 0 radical (unpaired) electrons. The minimum Gasteiger partial charge on any atom is -0.345 e. The molecule has 0 atom stereocenters. The Morgan fingerprint density at radius 3 is 2.93 bits per heavy atom. The number of rotatable bonds is 3. The molecule has 0 unspecified atom stereocenters. The summed E-state index contributed by atoms with van der Waals surface area (Å²) in [6.45, 7) is 2.60. The molecule has 0 aliphatic carbocycles. The number of nitrogens with one attached hydrogen (secondary N) is 1. The van der Waals surface area contributed by atoms with Crippen molar-refractivity contribution in [2.75, 3.05) is 6.54 Å². The molecule has 2 aromatic heterocycles. The second kappa shape index (κ2) is 4.23. The Hall–Kier alpha value is -1.68. The van der Waals surface area contributed by atoms with Crippen molar-refractivity contribution >= 4 is 0 Å². The number of imidazole rings is 1. The Balaban J connectivity index is 2.36. The summed E-state index contributed by atoms with van der Waals surface area (Å²) in [6, 6.07) is 5.81. The highest BCUT2D eigenvalue weighted by Gasteiger charge is 2.08. The van der Waals surface area contributed by atoms with E-state index in [1.807, 2.05) is 25.1 Å². The molecule has 0 aliphatic heterocycles. The van der Waals surface area contributed by atoms with Gasteiger partial charge in [0.05, 0.1) is 5.69 Å². The molecule has 4 heteroatoms. The van der Waals surface area contributed by atoms with Crippen LogP contribution in [-0.4, -0.2) is 21.5 Å². The van der Waals surface area contributed by atoms with Crippen LogP contribution in [0.15, 0.2) is 24.4 Å². The number of aryl methyl sites for hydroxylation is 1. The Labute approximate surface area is 88.6 Å². The van der Waals surface area contributed by atoms with Crippen molar-refractivity contribution in [3.05, 3.63) is 35.9 Å². The number of pyridine rings is 1. The van der Waals surface area contributed by atoms with Crippen molar-refractivity contribution in [1.29, 1.82) is 0 Å². The summed E-state index contributed by atoms with van der Waals surface area (Å²) in [5.41, 5.74) is 8.34. The van der Waals surface area contributed by atoms with Gasteiger partial charge >= 0.3 is 0 Å². The third kappa shape index (κ3) is 2.05. The zero-order valence-electron chi connectivity index (χ0n) is 8.70. The average Bonchev–Trinajstić information content (AvgIpc) is 2.61. The van der Waals surface area contributed by atoms with Gasteiger partial charge in [-0.15, -0.1) is 0 Å². The second-order valence-corrected chi connectivity index (χ2v) is 3.41. The smallest absolute Gasteiger partial charge is 0.110 e. The monoisotopic (exact) mass is 202 g/mol. The standard InChI is InChI=1S/C11H14N4/c1-8-11(9-4-2-3-7-13-9)15-10(14-8)5-6-12/h2-4,7H,5-6,12H2,1H3,(H,14,15). The lowest BCUT2D eigenvalue weighted by Gasteiger charge is -1.95. The zero-order chi connectivity index (χ0) is 10.7. The molecule has 0 fully saturated rings. The SMILES string of the molecule is Cc1[nH]c(CCN)nc1-c1ccccn1. The molecule has 2 heterocycles. The van der Waals surface area contributed by atoms with Crippen molar-refractivity contribution in [2.45, 2.75) is 13.3 Å². The molecule has 4 nitrogen and oxygen atoms in total. The predicted octanol–water partition coefficient (Wildman–Crippen LogP) is 1.28. The summed E-state index contributed by atoms with van der Waals surface area (Å²) in [5, 5.41) is 0.